The Hall–Kier alpha value is -2.00. The SMILES string of the molecule is O=C(O)CC1COC(C2(COC(=O)c3ccccc3)OCCO2)O1. The molecule has 3 rings (SSSR count). The van der Waals surface area contributed by atoms with Gasteiger partial charge in [0.1, 0.15) is 0 Å². The van der Waals surface area contributed by atoms with Crippen molar-refractivity contribution in [3.05, 3.63) is 35.9 Å². The monoisotopic (exact) mass is 338 g/mol. The van der Waals surface area contributed by atoms with Crippen molar-refractivity contribution in [3.63, 3.8) is 0 Å². The van der Waals surface area contributed by atoms with Crippen LogP contribution in [0.15, 0.2) is 30.3 Å². The van der Waals surface area contributed by atoms with Crippen LogP contribution in [0.1, 0.15) is 16.8 Å². The molecule has 2 fully saturated rings. The highest BCUT2D eigenvalue weighted by Gasteiger charge is 2.51. The van der Waals surface area contributed by atoms with Crippen molar-refractivity contribution in [1.82, 2.24) is 0 Å². The fourth-order valence-electron chi connectivity index (χ4n) is 2.56. The first-order valence-corrected chi connectivity index (χ1v) is 7.58. The van der Waals surface area contributed by atoms with Gasteiger partial charge in [0, 0.05) is 0 Å². The Morgan fingerprint density at radius 1 is 1.21 bits per heavy atom. The Kier molecular flexibility index (Phi) is 5.10. The van der Waals surface area contributed by atoms with Crippen LogP contribution in [0.5, 0.6) is 0 Å². The van der Waals surface area contributed by atoms with Crippen LogP contribution in [0.2, 0.25) is 0 Å². The molecule has 2 heterocycles. The summed E-state index contributed by atoms with van der Waals surface area (Å²) in [5.41, 5.74) is 0.405. The van der Waals surface area contributed by atoms with E-state index >= 15 is 0 Å². The number of ether oxygens (including phenoxy) is 5. The van der Waals surface area contributed by atoms with Crippen molar-refractivity contribution in [3.8, 4) is 0 Å². The van der Waals surface area contributed by atoms with E-state index in [1.165, 1.54) is 0 Å². The number of benzene rings is 1. The summed E-state index contributed by atoms with van der Waals surface area (Å²) in [6.07, 6.45) is -1.73. The van der Waals surface area contributed by atoms with Gasteiger partial charge in [-0.1, -0.05) is 18.2 Å². The molecule has 8 heteroatoms. The van der Waals surface area contributed by atoms with Gasteiger partial charge in [-0.2, -0.15) is 0 Å². The van der Waals surface area contributed by atoms with Crippen molar-refractivity contribution in [2.24, 2.45) is 0 Å². The van der Waals surface area contributed by atoms with Gasteiger partial charge in [0.25, 0.3) is 5.79 Å². The average Bonchev–Trinajstić information content (AvgIpc) is 3.23. The smallest absolute Gasteiger partial charge is 0.338 e. The second kappa shape index (κ2) is 7.27. The number of esters is 1. The maximum atomic E-state index is 12.1. The minimum absolute atomic E-state index is 0.109. The molecular formula is C16H18O8. The normalized spacial score (nSPS) is 25.5. The maximum Gasteiger partial charge on any atom is 0.338 e. The zero-order chi connectivity index (χ0) is 17.0. The standard InChI is InChI=1S/C16H18O8/c17-13(18)8-12-9-20-15(24-12)16(22-6-7-23-16)10-21-14(19)11-4-2-1-3-5-11/h1-5,12,15H,6-10H2,(H,17,18). The minimum Gasteiger partial charge on any atom is -0.481 e. The predicted octanol–water partition coefficient (Wildman–Crippen LogP) is 0.803. The molecule has 0 saturated carbocycles. The summed E-state index contributed by atoms with van der Waals surface area (Å²) in [6, 6.07) is 8.53. The lowest BCUT2D eigenvalue weighted by Crippen LogP contribution is -2.49. The third kappa shape index (κ3) is 3.73. The highest BCUT2D eigenvalue weighted by Crippen LogP contribution is 2.32. The van der Waals surface area contributed by atoms with Crippen molar-refractivity contribution in [2.75, 3.05) is 26.4 Å². The highest BCUT2D eigenvalue weighted by molar-refractivity contribution is 5.89. The Labute approximate surface area is 138 Å². The molecule has 2 atom stereocenters. The number of carbonyl (C=O) groups excluding carboxylic acids is 1. The van der Waals surface area contributed by atoms with Crippen molar-refractivity contribution < 1.29 is 38.4 Å². The molecule has 0 amide bonds. The van der Waals surface area contributed by atoms with Crippen LogP contribution < -0.4 is 0 Å². The summed E-state index contributed by atoms with van der Waals surface area (Å²) in [7, 11) is 0. The molecule has 1 N–H and O–H groups in total. The number of rotatable bonds is 6. The molecular weight excluding hydrogens is 320 g/mol. The molecule has 2 unspecified atom stereocenters. The van der Waals surface area contributed by atoms with E-state index in [4.69, 9.17) is 28.8 Å². The number of carboxylic acids is 1. The quantitative estimate of drug-likeness (QED) is 0.760. The maximum absolute atomic E-state index is 12.1. The van der Waals surface area contributed by atoms with E-state index in [1.807, 2.05) is 0 Å². The first-order chi connectivity index (χ1) is 11.6. The van der Waals surface area contributed by atoms with Crippen LogP contribution in [0.3, 0.4) is 0 Å². The molecule has 8 nitrogen and oxygen atoms in total. The summed E-state index contributed by atoms with van der Waals surface area (Å²) < 4.78 is 27.4. The van der Waals surface area contributed by atoms with E-state index in [9.17, 15) is 9.59 Å². The zero-order valence-corrected chi connectivity index (χ0v) is 12.9. The van der Waals surface area contributed by atoms with Gasteiger partial charge in [0.05, 0.1) is 37.9 Å². The molecule has 0 aliphatic carbocycles. The fraction of sp³-hybridized carbons (Fsp3) is 0.500. The molecule has 130 valence electrons. The Morgan fingerprint density at radius 2 is 1.92 bits per heavy atom. The number of hydrogen-bond acceptors (Lipinski definition) is 7. The van der Waals surface area contributed by atoms with E-state index in [2.05, 4.69) is 0 Å². The highest BCUT2D eigenvalue weighted by atomic mass is 16.8. The summed E-state index contributed by atoms with van der Waals surface area (Å²) in [4.78, 5) is 22.8. The van der Waals surface area contributed by atoms with Gasteiger partial charge < -0.3 is 28.8 Å². The van der Waals surface area contributed by atoms with Gasteiger partial charge in [-0.05, 0) is 12.1 Å². The zero-order valence-electron chi connectivity index (χ0n) is 12.9. The van der Waals surface area contributed by atoms with E-state index in [0.717, 1.165) is 0 Å². The second-order valence-corrected chi connectivity index (χ2v) is 5.47. The van der Waals surface area contributed by atoms with E-state index < -0.39 is 30.1 Å². The van der Waals surface area contributed by atoms with Crippen LogP contribution in [0, 0.1) is 0 Å². The Bertz CT molecular complexity index is 581. The largest absolute Gasteiger partial charge is 0.481 e. The van der Waals surface area contributed by atoms with Gasteiger partial charge in [-0.15, -0.1) is 0 Å². The topological polar surface area (TPSA) is 101 Å². The van der Waals surface area contributed by atoms with Gasteiger partial charge >= 0.3 is 11.9 Å². The van der Waals surface area contributed by atoms with Gasteiger partial charge in [-0.3, -0.25) is 4.79 Å². The molecule has 2 aliphatic heterocycles. The molecule has 24 heavy (non-hydrogen) atoms. The average molecular weight is 338 g/mol. The fourth-order valence-corrected chi connectivity index (χ4v) is 2.56. The van der Waals surface area contributed by atoms with Gasteiger partial charge in [0.2, 0.25) is 6.29 Å². The molecule has 1 aromatic carbocycles. The number of carboxylic acid groups (broad SMARTS) is 1. The van der Waals surface area contributed by atoms with Gasteiger partial charge in [-0.25, -0.2) is 4.79 Å². The predicted molar refractivity (Wildman–Crippen MR) is 78.2 cm³/mol. The number of carbonyl (C=O) groups is 2. The molecule has 2 saturated heterocycles. The lowest BCUT2D eigenvalue weighted by atomic mass is 10.2. The summed E-state index contributed by atoms with van der Waals surface area (Å²) in [6.45, 7) is 0.495. The Balaban J connectivity index is 1.62. The van der Waals surface area contributed by atoms with Crippen LogP contribution in [0.25, 0.3) is 0 Å². The molecule has 0 radical (unpaired) electrons. The van der Waals surface area contributed by atoms with E-state index in [0.29, 0.717) is 18.8 Å². The minimum atomic E-state index is -1.38. The number of aliphatic carboxylic acids is 1. The van der Waals surface area contributed by atoms with Crippen LogP contribution in [0.4, 0.5) is 0 Å². The van der Waals surface area contributed by atoms with E-state index in [-0.39, 0.29) is 19.6 Å². The summed E-state index contributed by atoms with van der Waals surface area (Å²) in [5, 5.41) is 8.82. The van der Waals surface area contributed by atoms with E-state index in [1.54, 1.807) is 30.3 Å². The van der Waals surface area contributed by atoms with Crippen molar-refractivity contribution >= 4 is 11.9 Å². The summed E-state index contributed by atoms with van der Waals surface area (Å²) in [5.74, 6) is -2.88. The number of hydrogen-bond donors (Lipinski definition) is 1. The lowest BCUT2D eigenvalue weighted by molar-refractivity contribution is -0.296. The first-order valence-electron chi connectivity index (χ1n) is 7.58. The van der Waals surface area contributed by atoms with Crippen molar-refractivity contribution in [1.29, 1.82) is 0 Å². The lowest BCUT2D eigenvalue weighted by Gasteiger charge is -2.31. The third-order valence-electron chi connectivity index (χ3n) is 3.70. The second-order valence-electron chi connectivity index (χ2n) is 5.47. The third-order valence-corrected chi connectivity index (χ3v) is 3.70. The first kappa shape index (κ1) is 16.8. The molecule has 0 bridgehead atoms. The van der Waals surface area contributed by atoms with Gasteiger partial charge in [0.15, 0.2) is 6.61 Å². The Morgan fingerprint density at radius 3 is 2.58 bits per heavy atom. The molecule has 1 aromatic rings. The molecule has 0 aromatic heterocycles. The van der Waals surface area contributed by atoms with Crippen LogP contribution in [-0.4, -0.2) is 61.7 Å². The van der Waals surface area contributed by atoms with Crippen LogP contribution >= 0.6 is 0 Å². The van der Waals surface area contributed by atoms with Crippen LogP contribution in [-0.2, 0) is 28.5 Å². The van der Waals surface area contributed by atoms with Crippen molar-refractivity contribution in [2.45, 2.75) is 24.6 Å². The molecule has 0 spiro atoms. The molecule has 2 aliphatic rings. The summed E-state index contributed by atoms with van der Waals surface area (Å²) >= 11 is 0.